The number of hydrogen-bond donors (Lipinski definition) is 2. The normalized spacial score (nSPS) is 10.8. The smallest absolute Gasteiger partial charge is 0.322 e. The molecule has 0 radical (unpaired) electrons. The number of carbonyl (C=O) groups is 2. The number of thiazole rings is 1. The first kappa shape index (κ1) is 20.2. The van der Waals surface area contributed by atoms with E-state index in [0.29, 0.717) is 16.4 Å². The molecule has 0 atom stereocenters. The zero-order chi connectivity index (χ0) is 22.1. The molecule has 0 fully saturated rings. The van der Waals surface area contributed by atoms with Crippen molar-refractivity contribution < 1.29 is 9.59 Å². The van der Waals surface area contributed by atoms with Crippen molar-refractivity contribution in [1.82, 2.24) is 19.1 Å². The summed E-state index contributed by atoms with van der Waals surface area (Å²) in [5.74, 6) is -0.793. The fraction of sp³-hybridized carbons (Fsp3) is 0.100. The van der Waals surface area contributed by atoms with Crippen molar-refractivity contribution in [3.63, 3.8) is 0 Å². The summed E-state index contributed by atoms with van der Waals surface area (Å²) in [4.78, 5) is 57.3. The zero-order valence-corrected chi connectivity index (χ0v) is 17.3. The molecule has 10 nitrogen and oxygen atoms in total. The Kier molecular flexibility index (Phi) is 5.17. The Balaban J connectivity index is 1.54. The van der Waals surface area contributed by atoms with E-state index in [0.717, 1.165) is 4.57 Å². The van der Waals surface area contributed by atoms with Crippen molar-refractivity contribution >= 4 is 45.0 Å². The molecule has 3 aromatic heterocycles. The third-order valence-corrected chi connectivity index (χ3v) is 5.30. The summed E-state index contributed by atoms with van der Waals surface area (Å²) >= 11 is 1.31. The Morgan fingerprint density at radius 3 is 2.32 bits per heavy atom. The standard InChI is InChI=1S/C20H16N6O4S/c1-25-15-14(18(29)26(2)20(25)30)9-12(10-22-15)17(28)23-13-5-3-11(4-6-13)16(27)24-19-21-7-8-31-19/h3-10H,1-2H3,(H,23,28)(H,21,24,27). The lowest BCUT2D eigenvalue weighted by Crippen LogP contribution is -2.37. The number of pyridine rings is 1. The van der Waals surface area contributed by atoms with Gasteiger partial charge in [-0.3, -0.25) is 28.8 Å². The second-order valence-electron chi connectivity index (χ2n) is 6.62. The lowest BCUT2D eigenvalue weighted by molar-refractivity contribution is 0.101. The molecule has 0 saturated heterocycles. The summed E-state index contributed by atoms with van der Waals surface area (Å²) in [6.45, 7) is 0. The quantitative estimate of drug-likeness (QED) is 0.500. The summed E-state index contributed by atoms with van der Waals surface area (Å²) in [6, 6.07) is 7.72. The number of carbonyl (C=O) groups excluding carboxylic acids is 2. The Labute approximate surface area is 178 Å². The monoisotopic (exact) mass is 436 g/mol. The maximum Gasteiger partial charge on any atom is 0.332 e. The number of fused-ring (bicyclic) bond motifs is 1. The molecule has 4 rings (SSSR count). The van der Waals surface area contributed by atoms with Gasteiger partial charge in [-0.15, -0.1) is 11.3 Å². The molecule has 4 aromatic rings. The molecule has 0 saturated carbocycles. The van der Waals surface area contributed by atoms with Gasteiger partial charge in [0.15, 0.2) is 5.13 Å². The van der Waals surface area contributed by atoms with Crippen LogP contribution in [0.2, 0.25) is 0 Å². The Bertz CT molecular complexity index is 1420. The number of nitrogens with one attached hydrogen (secondary N) is 2. The number of aromatic nitrogens is 4. The number of rotatable bonds is 4. The highest BCUT2D eigenvalue weighted by atomic mass is 32.1. The van der Waals surface area contributed by atoms with E-state index in [1.54, 1.807) is 35.8 Å². The van der Waals surface area contributed by atoms with E-state index >= 15 is 0 Å². The average molecular weight is 436 g/mol. The van der Waals surface area contributed by atoms with Crippen molar-refractivity contribution in [1.29, 1.82) is 0 Å². The molecule has 31 heavy (non-hydrogen) atoms. The molecule has 156 valence electrons. The molecule has 2 amide bonds. The van der Waals surface area contributed by atoms with Gasteiger partial charge in [0.2, 0.25) is 0 Å². The molecular weight excluding hydrogens is 420 g/mol. The Hall–Kier alpha value is -4.12. The first-order valence-electron chi connectivity index (χ1n) is 9.03. The highest BCUT2D eigenvalue weighted by Gasteiger charge is 2.14. The van der Waals surface area contributed by atoms with Gasteiger partial charge >= 0.3 is 5.69 Å². The number of amides is 2. The van der Waals surface area contributed by atoms with Crippen LogP contribution in [0.3, 0.4) is 0 Å². The third-order valence-electron chi connectivity index (χ3n) is 4.61. The number of hydrogen-bond acceptors (Lipinski definition) is 7. The maximum atomic E-state index is 12.6. The van der Waals surface area contributed by atoms with Crippen molar-refractivity contribution in [2.45, 2.75) is 0 Å². The summed E-state index contributed by atoms with van der Waals surface area (Å²) in [5.41, 5.74) is 0.195. The summed E-state index contributed by atoms with van der Waals surface area (Å²) < 4.78 is 2.20. The fourth-order valence-corrected chi connectivity index (χ4v) is 3.48. The molecule has 0 unspecified atom stereocenters. The van der Waals surface area contributed by atoms with Gasteiger partial charge in [0.25, 0.3) is 17.4 Å². The van der Waals surface area contributed by atoms with Gasteiger partial charge in [0.05, 0.1) is 10.9 Å². The summed E-state index contributed by atoms with van der Waals surface area (Å²) in [6.07, 6.45) is 2.89. The van der Waals surface area contributed by atoms with E-state index in [9.17, 15) is 19.2 Å². The predicted octanol–water partition coefficient (Wildman–Crippen LogP) is 1.59. The SMILES string of the molecule is Cn1c(=O)c2cc(C(=O)Nc3ccc(C(=O)Nc4nccs4)cc3)cnc2n(C)c1=O. The van der Waals surface area contributed by atoms with Crippen LogP contribution in [0, 0.1) is 0 Å². The third kappa shape index (κ3) is 3.85. The predicted molar refractivity (Wildman–Crippen MR) is 117 cm³/mol. The molecule has 0 aliphatic heterocycles. The van der Waals surface area contributed by atoms with E-state index < -0.39 is 17.2 Å². The first-order chi connectivity index (χ1) is 14.8. The van der Waals surface area contributed by atoms with Crippen LogP contribution in [0.4, 0.5) is 10.8 Å². The molecule has 0 aliphatic carbocycles. The van der Waals surface area contributed by atoms with Gasteiger partial charge in [-0.1, -0.05) is 0 Å². The maximum absolute atomic E-state index is 12.6. The Morgan fingerprint density at radius 2 is 1.65 bits per heavy atom. The summed E-state index contributed by atoms with van der Waals surface area (Å²) in [5, 5.41) is 7.78. The van der Waals surface area contributed by atoms with Crippen LogP contribution in [-0.2, 0) is 14.1 Å². The van der Waals surface area contributed by atoms with Gasteiger partial charge in [-0.05, 0) is 30.3 Å². The second-order valence-corrected chi connectivity index (χ2v) is 7.52. The van der Waals surface area contributed by atoms with Crippen LogP contribution >= 0.6 is 11.3 Å². The minimum atomic E-state index is -0.532. The minimum absolute atomic E-state index is 0.159. The van der Waals surface area contributed by atoms with E-state index in [2.05, 4.69) is 20.6 Å². The second kappa shape index (κ2) is 7.95. The van der Waals surface area contributed by atoms with Crippen molar-refractivity contribution in [3.8, 4) is 0 Å². The molecule has 0 spiro atoms. The van der Waals surface area contributed by atoms with Crippen LogP contribution in [0.25, 0.3) is 11.0 Å². The van der Waals surface area contributed by atoms with Crippen molar-refractivity contribution in [2.75, 3.05) is 10.6 Å². The van der Waals surface area contributed by atoms with Crippen molar-refractivity contribution in [3.05, 3.63) is 80.1 Å². The Morgan fingerprint density at radius 1 is 0.935 bits per heavy atom. The summed E-state index contributed by atoms with van der Waals surface area (Å²) in [7, 11) is 2.87. The van der Waals surface area contributed by atoms with Crippen LogP contribution in [0.1, 0.15) is 20.7 Å². The first-order valence-corrected chi connectivity index (χ1v) is 9.91. The van der Waals surface area contributed by atoms with Crippen LogP contribution < -0.4 is 21.9 Å². The van der Waals surface area contributed by atoms with E-state index in [-0.39, 0.29) is 22.5 Å². The van der Waals surface area contributed by atoms with Gasteiger partial charge in [-0.2, -0.15) is 0 Å². The molecule has 11 heteroatoms. The zero-order valence-electron chi connectivity index (χ0n) is 16.4. The van der Waals surface area contributed by atoms with Gasteiger partial charge in [0, 0.05) is 43.1 Å². The highest BCUT2D eigenvalue weighted by Crippen LogP contribution is 2.16. The number of aryl methyl sites for hydroxylation is 1. The molecule has 0 bridgehead atoms. The van der Waals surface area contributed by atoms with E-state index in [1.807, 2.05) is 0 Å². The van der Waals surface area contributed by atoms with Crippen LogP contribution in [0.5, 0.6) is 0 Å². The minimum Gasteiger partial charge on any atom is -0.322 e. The topological polar surface area (TPSA) is 128 Å². The average Bonchev–Trinajstić information content (AvgIpc) is 3.29. The largest absolute Gasteiger partial charge is 0.332 e. The van der Waals surface area contributed by atoms with Crippen molar-refractivity contribution in [2.24, 2.45) is 14.1 Å². The molecular formula is C20H16N6O4S. The number of benzene rings is 1. The fourth-order valence-electron chi connectivity index (χ4n) is 2.95. The number of nitrogens with zero attached hydrogens (tertiary/aromatic N) is 4. The van der Waals surface area contributed by atoms with E-state index in [1.165, 1.54) is 42.3 Å². The highest BCUT2D eigenvalue weighted by molar-refractivity contribution is 7.13. The van der Waals surface area contributed by atoms with Crippen LogP contribution in [-0.4, -0.2) is 30.9 Å². The van der Waals surface area contributed by atoms with E-state index in [4.69, 9.17) is 0 Å². The van der Waals surface area contributed by atoms with Gasteiger partial charge in [-0.25, -0.2) is 14.8 Å². The number of anilines is 2. The van der Waals surface area contributed by atoms with Gasteiger partial charge < -0.3 is 5.32 Å². The molecule has 3 heterocycles. The lowest BCUT2D eigenvalue weighted by Gasteiger charge is -2.09. The van der Waals surface area contributed by atoms with Gasteiger partial charge in [0.1, 0.15) is 5.65 Å². The molecule has 2 N–H and O–H groups in total. The van der Waals surface area contributed by atoms with Crippen LogP contribution in [0.15, 0.2) is 57.7 Å². The lowest BCUT2D eigenvalue weighted by atomic mass is 10.1. The molecule has 1 aromatic carbocycles. The molecule has 0 aliphatic rings.